The molecule has 0 bridgehead atoms. The van der Waals surface area contributed by atoms with Gasteiger partial charge in [-0.1, -0.05) is 30.3 Å². The summed E-state index contributed by atoms with van der Waals surface area (Å²) >= 11 is 0. The highest BCUT2D eigenvalue weighted by molar-refractivity contribution is 5.87. The highest BCUT2D eigenvalue weighted by atomic mass is 14.9. The van der Waals surface area contributed by atoms with Gasteiger partial charge in [-0.25, -0.2) is 0 Å². The van der Waals surface area contributed by atoms with E-state index in [9.17, 15) is 0 Å². The molecule has 1 N–H and O–H groups in total. The molecule has 4 rings (SSSR count). The summed E-state index contributed by atoms with van der Waals surface area (Å²) in [6, 6.07) is 17.2. The Morgan fingerprint density at radius 3 is 2.85 bits per heavy atom. The van der Waals surface area contributed by atoms with Crippen LogP contribution < -0.4 is 0 Å². The molecule has 0 unspecified atom stereocenters. The Kier molecular flexibility index (Phi) is 2.43. The van der Waals surface area contributed by atoms with E-state index < -0.39 is 0 Å². The third-order valence-corrected chi connectivity index (χ3v) is 4.01. The average molecular weight is 260 g/mol. The van der Waals surface area contributed by atoms with Gasteiger partial charge in [0, 0.05) is 35.4 Å². The molecule has 0 aliphatic carbocycles. The molecule has 2 aromatic heterocycles. The molecule has 2 heterocycles. The van der Waals surface area contributed by atoms with Crippen LogP contribution in [0.5, 0.6) is 0 Å². The van der Waals surface area contributed by atoms with Gasteiger partial charge in [-0.15, -0.1) is 0 Å². The number of fused-ring (bicyclic) bond motifs is 2. The Balaban J connectivity index is 1.87. The molecule has 2 nitrogen and oxygen atoms in total. The molecule has 0 saturated carbocycles. The van der Waals surface area contributed by atoms with E-state index in [1.54, 1.807) is 0 Å². The molecule has 4 aromatic rings. The van der Waals surface area contributed by atoms with Crippen LogP contribution in [0, 0.1) is 6.92 Å². The summed E-state index contributed by atoms with van der Waals surface area (Å²) in [6.45, 7) is 3.07. The van der Waals surface area contributed by atoms with Crippen molar-refractivity contribution in [3.63, 3.8) is 0 Å². The second-order valence-electron chi connectivity index (χ2n) is 5.31. The van der Waals surface area contributed by atoms with Crippen LogP contribution in [-0.4, -0.2) is 9.55 Å². The number of aryl methyl sites for hydroxylation is 1. The van der Waals surface area contributed by atoms with Crippen molar-refractivity contribution in [1.29, 1.82) is 0 Å². The van der Waals surface area contributed by atoms with Gasteiger partial charge in [-0.05, 0) is 41.6 Å². The molecule has 2 aromatic carbocycles. The molecular weight excluding hydrogens is 244 g/mol. The lowest BCUT2D eigenvalue weighted by atomic mass is 10.1. The van der Waals surface area contributed by atoms with Gasteiger partial charge in [0.25, 0.3) is 0 Å². The maximum absolute atomic E-state index is 3.34. The predicted octanol–water partition coefficient (Wildman–Crippen LogP) is 4.48. The van der Waals surface area contributed by atoms with E-state index in [1.807, 2.05) is 0 Å². The van der Waals surface area contributed by atoms with E-state index in [0.29, 0.717) is 0 Å². The smallest absolute Gasteiger partial charge is 0.0483 e. The summed E-state index contributed by atoms with van der Waals surface area (Å²) in [5, 5.41) is 2.65. The largest absolute Gasteiger partial charge is 0.361 e. The summed E-state index contributed by atoms with van der Waals surface area (Å²) in [5.74, 6) is 0. The van der Waals surface area contributed by atoms with Crippen LogP contribution >= 0.6 is 0 Å². The number of nitrogens with one attached hydrogen (secondary N) is 1. The van der Waals surface area contributed by atoms with Crippen LogP contribution in [0.4, 0.5) is 0 Å². The molecule has 98 valence electrons. The minimum absolute atomic E-state index is 0.906. The summed E-state index contributed by atoms with van der Waals surface area (Å²) in [6.07, 6.45) is 4.26. The molecule has 0 radical (unpaired) electrons. The first kappa shape index (κ1) is 11.4. The number of hydrogen-bond donors (Lipinski definition) is 1. The van der Waals surface area contributed by atoms with Crippen molar-refractivity contribution >= 4 is 21.8 Å². The van der Waals surface area contributed by atoms with E-state index in [-0.39, 0.29) is 0 Å². The fraction of sp³-hybridized carbons (Fsp3) is 0.111. The first-order valence-electron chi connectivity index (χ1n) is 6.92. The SMILES string of the molecule is Cc1c[nH]c2cccc(Cn3ccc4ccccc43)c12. The maximum Gasteiger partial charge on any atom is 0.0483 e. The Hall–Kier alpha value is -2.48. The zero-order chi connectivity index (χ0) is 13.5. The van der Waals surface area contributed by atoms with Gasteiger partial charge >= 0.3 is 0 Å². The summed E-state index contributed by atoms with van der Waals surface area (Å²) in [7, 11) is 0. The number of aromatic nitrogens is 2. The normalized spacial score (nSPS) is 11.4. The zero-order valence-electron chi connectivity index (χ0n) is 11.4. The fourth-order valence-electron chi connectivity index (χ4n) is 3.04. The quantitative estimate of drug-likeness (QED) is 0.548. The lowest BCUT2D eigenvalue weighted by Gasteiger charge is -2.08. The molecular formula is C18H16N2. The molecule has 0 saturated heterocycles. The molecule has 2 heteroatoms. The van der Waals surface area contributed by atoms with E-state index in [2.05, 4.69) is 77.4 Å². The third kappa shape index (κ3) is 1.65. The lowest BCUT2D eigenvalue weighted by Crippen LogP contribution is -1.98. The second kappa shape index (κ2) is 4.27. The number of rotatable bonds is 2. The summed E-state index contributed by atoms with van der Waals surface area (Å²) < 4.78 is 2.32. The lowest BCUT2D eigenvalue weighted by molar-refractivity contribution is 0.843. The number of benzene rings is 2. The Morgan fingerprint density at radius 1 is 1.00 bits per heavy atom. The van der Waals surface area contributed by atoms with Crippen LogP contribution in [0.25, 0.3) is 21.8 Å². The van der Waals surface area contributed by atoms with Gasteiger partial charge in [-0.2, -0.15) is 0 Å². The van der Waals surface area contributed by atoms with Gasteiger partial charge in [0.05, 0.1) is 0 Å². The summed E-state index contributed by atoms with van der Waals surface area (Å²) in [5.41, 5.74) is 5.18. The van der Waals surface area contributed by atoms with E-state index in [0.717, 1.165) is 6.54 Å². The van der Waals surface area contributed by atoms with Crippen LogP contribution in [0.1, 0.15) is 11.1 Å². The van der Waals surface area contributed by atoms with E-state index in [1.165, 1.54) is 32.9 Å². The molecule has 0 fully saturated rings. The highest BCUT2D eigenvalue weighted by Gasteiger charge is 2.07. The van der Waals surface area contributed by atoms with Crippen LogP contribution in [0.2, 0.25) is 0 Å². The molecule has 0 spiro atoms. The molecule has 0 aliphatic rings. The third-order valence-electron chi connectivity index (χ3n) is 4.01. The van der Waals surface area contributed by atoms with Crippen molar-refractivity contribution in [2.45, 2.75) is 13.5 Å². The van der Waals surface area contributed by atoms with Gasteiger partial charge in [-0.3, -0.25) is 0 Å². The van der Waals surface area contributed by atoms with Gasteiger partial charge in [0.2, 0.25) is 0 Å². The predicted molar refractivity (Wildman–Crippen MR) is 84.1 cm³/mol. The van der Waals surface area contributed by atoms with Crippen LogP contribution in [0.15, 0.2) is 60.9 Å². The second-order valence-corrected chi connectivity index (χ2v) is 5.31. The number of aromatic amines is 1. The highest BCUT2D eigenvalue weighted by Crippen LogP contribution is 2.24. The Bertz CT molecular complexity index is 896. The minimum Gasteiger partial charge on any atom is -0.361 e. The minimum atomic E-state index is 0.906. The first-order chi connectivity index (χ1) is 9.83. The van der Waals surface area contributed by atoms with Crippen LogP contribution in [-0.2, 0) is 6.54 Å². The molecule has 0 amide bonds. The van der Waals surface area contributed by atoms with Crippen molar-refractivity contribution in [3.05, 3.63) is 72.1 Å². The molecule has 0 aliphatic heterocycles. The van der Waals surface area contributed by atoms with Crippen molar-refractivity contribution in [3.8, 4) is 0 Å². The Morgan fingerprint density at radius 2 is 1.90 bits per heavy atom. The number of hydrogen-bond acceptors (Lipinski definition) is 0. The first-order valence-corrected chi connectivity index (χ1v) is 6.92. The van der Waals surface area contributed by atoms with Crippen molar-refractivity contribution in [1.82, 2.24) is 9.55 Å². The van der Waals surface area contributed by atoms with Gasteiger partial charge in [0.1, 0.15) is 0 Å². The van der Waals surface area contributed by atoms with E-state index in [4.69, 9.17) is 0 Å². The monoisotopic (exact) mass is 260 g/mol. The Labute approximate surface area is 117 Å². The maximum atomic E-state index is 3.34. The fourth-order valence-corrected chi connectivity index (χ4v) is 3.04. The molecule has 20 heavy (non-hydrogen) atoms. The zero-order valence-corrected chi connectivity index (χ0v) is 11.4. The standard InChI is InChI=1S/C18H16N2/c1-13-11-19-16-7-4-6-15(18(13)16)12-20-10-9-14-5-2-3-8-17(14)20/h2-11,19H,12H2,1H3. The average Bonchev–Trinajstić information content (AvgIpc) is 3.05. The van der Waals surface area contributed by atoms with Crippen molar-refractivity contribution in [2.24, 2.45) is 0 Å². The van der Waals surface area contributed by atoms with Crippen molar-refractivity contribution in [2.75, 3.05) is 0 Å². The van der Waals surface area contributed by atoms with Gasteiger partial charge < -0.3 is 9.55 Å². The van der Waals surface area contributed by atoms with E-state index >= 15 is 0 Å². The summed E-state index contributed by atoms with van der Waals surface area (Å²) in [4.78, 5) is 3.34. The number of para-hydroxylation sites is 1. The topological polar surface area (TPSA) is 20.7 Å². The number of H-pyrrole nitrogens is 1. The van der Waals surface area contributed by atoms with Crippen molar-refractivity contribution < 1.29 is 0 Å². The van der Waals surface area contributed by atoms with Gasteiger partial charge in [0.15, 0.2) is 0 Å². The van der Waals surface area contributed by atoms with Crippen LogP contribution in [0.3, 0.4) is 0 Å². The number of nitrogens with zero attached hydrogens (tertiary/aromatic N) is 1. The molecule has 0 atom stereocenters.